The summed E-state index contributed by atoms with van der Waals surface area (Å²) in [5.74, 6) is 3.47. The van der Waals surface area contributed by atoms with Crippen LogP contribution in [0.3, 0.4) is 0 Å². The standard InChI is InChI=1S/C30H42O/c1-3-22-31-23-30(20-18-28(19-21-30)25-8-6-5-7-9-25)29-16-14-27(15-17-29)26-12-10-24(4-2)11-13-26/h4-9,18-20,24,26-27,29H,2-3,10-17,21-23H2,1H3/t24-,26-,27-,29-,30?. The topological polar surface area (TPSA) is 9.23 Å². The molecule has 1 unspecified atom stereocenters. The van der Waals surface area contributed by atoms with Gasteiger partial charge in [0.15, 0.2) is 0 Å². The molecular weight excluding hydrogens is 376 g/mol. The summed E-state index contributed by atoms with van der Waals surface area (Å²) in [6.07, 6.45) is 23.0. The van der Waals surface area contributed by atoms with E-state index in [0.29, 0.717) is 0 Å². The van der Waals surface area contributed by atoms with Crippen molar-refractivity contribution in [3.05, 3.63) is 66.8 Å². The van der Waals surface area contributed by atoms with Crippen LogP contribution in [0.2, 0.25) is 0 Å². The van der Waals surface area contributed by atoms with Crippen LogP contribution in [0.4, 0.5) is 0 Å². The maximum atomic E-state index is 6.20. The third kappa shape index (κ3) is 5.43. The van der Waals surface area contributed by atoms with E-state index in [4.69, 9.17) is 4.74 Å². The smallest absolute Gasteiger partial charge is 0.0562 e. The maximum Gasteiger partial charge on any atom is 0.0562 e. The summed E-state index contributed by atoms with van der Waals surface area (Å²) in [5.41, 5.74) is 2.90. The number of benzene rings is 1. The Hall–Kier alpha value is -1.60. The van der Waals surface area contributed by atoms with Crippen molar-refractivity contribution in [2.24, 2.45) is 29.1 Å². The van der Waals surface area contributed by atoms with Crippen molar-refractivity contribution in [3.8, 4) is 0 Å². The van der Waals surface area contributed by atoms with Gasteiger partial charge in [-0.3, -0.25) is 0 Å². The molecule has 0 amide bonds. The zero-order chi connectivity index (χ0) is 21.5. The van der Waals surface area contributed by atoms with Gasteiger partial charge in [0.2, 0.25) is 0 Å². The van der Waals surface area contributed by atoms with E-state index in [1.54, 1.807) is 0 Å². The minimum atomic E-state index is 0.193. The lowest BCUT2D eigenvalue weighted by Gasteiger charge is -2.45. The highest BCUT2D eigenvalue weighted by Crippen LogP contribution is 2.49. The van der Waals surface area contributed by atoms with Gasteiger partial charge in [0.1, 0.15) is 0 Å². The minimum Gasteiger partial charge on any atom is -0.381 e. The zero-order valence-corrected chi connectivity index (χ0v) is 19.6. The van der Waals surface area contributed by atoms with E-state index < -0.39 is 0 Å². The molecule has 2 saturated carbocycles. The van der Waals surface area contributed by atoms with E-state index in [-0.39, 0.29) is 5.41 Å². The molecule has 0 aromatic heterocycles. The van der Waals surface area contributed by atoms with Gasteiger partial charge in [-0.05, 0) is 99.0 Å². The summed E-state index contributed by atoms with van der Waals surface area (Å²) in [7, 11) is 0. The maximum absolute atomic E-state index is 6.20. The number of hydrogen-bond donors (Lipinski definition) is 0. The van der Waals surface area contributed by atoms with Crippen molar-refractivity contribution in [1.29, 1.82) is 0 Å². The van der Waals surface area contributed by atoms with Crippen molar-refractivity contribution in [2.45, 2.75) is 71.1 Å². The number of rotatable bonds is 8. The lowest BCUT2D eigenvalue weighted by Crippen LogP contribution is -2.38. The summed E-state index contributed by atoms with van der Waals surface area (Å²) in [6, 6.07) is 10.8. The van der Waals surface area contributed by atoms with Gasteiger partial charge in [-0.1, -0.05) is 61.6 Å². The van der Waals surface area contributed by atoms with E-state index in [2.05, 4.69) is 68.1 Å². The number of allylic oxidation sites excluding steroid dienone is 4. The van der Waals surface area contributed by atoms with Crippen LogP contribution in [-0.4, -0.2) is 13.2 Å². The third-order valence-corrected chi connectivity index (χ3v) is 8.52. The van der Waals surface area contributed by atoms with E-state index in [1.165, 1.54) is 62.5 Å². The van der Waals surface area contributed by atoms with Crippen molar-refractivity contribution in [3.63, 3.8) is 0 Å². The normalized spacial score (nSPS) is 33.6. The molecule has 4 rings (SSSR count). The summed E-state index contributed by atoms with van der Waals surface area (Å²) >= 11 is 0. The Morgan fingerprint density at radius 3 is 2.23 bits per heavy atom. The van der Waals surface area contributed by atoms with Gasteiger partial charge in [-0.2, -0.15) is 0 Å². The first-order valence-electron chi connectivity index (χ1n) is 12.9. The molecule has 1 nitrogen and oxygen atoms in total. The third-order valence-electron chi connectivity index (χ3n) is 8.52. The molecule has 0 radical (unpaired) electrons. The molecule has 0 N–H and O–H groups in total. The SMILES string of the molecule is C=C[C@H]1CC[C@H]([C@H]2CC[C@H](C3(COCCC)C=CC(c4ccccc4)=CC3)CC2)CC1. The molecule has 1 atom stereocenters. The molecule has 168 valence electrons. The highest BCUT2D eigenvalue weighted by molar-refractivity contribution is 5.75. The lowest BCUT2D eigenvalue weighted by molar-refractivity contribution is 0.0136. The van der Waals surface area contributed by atoms with Gasteiger partial charge >= 0.3 is 0 Å². The van der Waals surface area contributed by atoms with Crippen LogP contribution >= 0.6 is 0 Å². The van der Waals surface area contributed by atoms with Crippen LogP contribution in [0.25, 0.3) is 5.57 Å². The molecule has 2 fully saturated rings. The fourth-order valence-electron chi connectivity index (χ4n) is 6.49. The second-order valence-electron chi connectivity index (χ2n) is 10.4. The Kier molecular flexibility index (Phi) is 7.88. The summed E-state index contributed by atoms with van der Waals surface area (Å²) in [5, 5.41) is 0. The van der Waals surface area contributed by atoms with Gasteiger partial charge in [-0.15, -0.1) is 6.58 Å². The van der Waals surface area contributed by atoms with E-state index in [1.807, 2.05) is 0 Å². The summed E-state index contributed by atoms with van der Waals surface area (Å²) in [6.45, 7) is 8.00. The fourth-order valence-corrected chi connectivity index (χ4v) is 6.49. The predicted octanol–water partition coefficient (Wildman–Crippen LogP) is 8.24. The van der Waals surface area contributed by atoms with Gasteiger partial charge in [0.25, 0.3) is 0 Å². The molecule has 0 heterocycles. The minimum absolute atomic E-state index is 0.193. The van der Waals surface area contributed by atoms with Gasteiger partial charge in [0, 0.05) is 12.0 Å². The monoisotopic (exact) mass is 418 g/mol. The molecule has 1 aromatic carbocycles. The summed E-state index contributed by atoms with van der Waals surface area (Å²) < 4.78 is 6.20. The Labute approximate surface area is 190 Å². The van der Waals surface area contributed by atoms with Crippen LogP contribution in [0, 0.1) is 29.1 Å². The van der Waals surface area contributed by atoms with Gasteiger partial charge in [-0.25, -0.2) is 0 Å². The van der Waals surface area contributed by atoms with E-state index in [0.717, 1.165) is 49.7 Å². The first kappa shape index (κ1) is 22.6. The van der Waals surface area contributed by atoms with Crippen LogP contribution in [0.15, 0.2) is 61.2 Å². The second kappa shape index (κ2) is 10.8. The van der Waals surface area contributed by atoms with E-state index in [9.17, 15) is 0 Å². The second-order valence-corrected chi connectivity index (χ2v) is 10.4. The molecule has 31 heavy (non-hydrogen) atoms. The predicted molar refractivity (Wildman–Crippen MR) is 133 cm³/mol. The molecule has 0 bridgehead atoms. The quantitative estimate of drug-likeness (QED) is 0.305. The van der Waals surface area contributed by atoms with Crippen molar-refractivity contribution < 1.29 is 4.74 Å². The zero-order valence-electron chi connectivity index (χ0n) is 19.6. The Morgan fingerprint density at radius 2 is 1.65 bits per heavy atom. The van der Waals surface area contributed by atoms with Crippen LogP contribution in [0.5, 0.6) is 0 Å². The Balaban J connectivity index is 1.39. The van der Waals surface area contributed by atoms with Crippen molar-refractivity contribution >= 4 is 5.57 Å². The van der Waals surface area contributed by atoms with E-state index >= 15 is 0 Å². The first-order valence-corrected chi connectivity index (χ1v) is 12.9. The molecule has 1 aromatic rings. The average molecular weight is 419 g/mol. The van der Waals surface area contributed by atoms with Crippen LogP contribution in [0.1, 0.15) is 76.7 Å². The first-order chi connectivity index (χ1) is 15.2. The number of hydrogen-bond acceptors (Lipinski definition) is 1. The number of ether oxygens (including phenoxy) is 1. The molecule has 3 aliphatic rings. The average Bonchev–Trinajstić information content (AvgIpc) is 2.85. The fraction of sp³-hybridized carbons (Fsp3) is 0.600. The highest BCUT2D eigenvalue weighted by Gasteiger charge is 2.41. The highest BCUT2D eigenvalue weighted by atomic mass is 16.5. The molecule has 0 spiro atoms. The van der Waals surface area contributed by atoms with Crippen molar-refractivity contribution in [1.82, 2.24) is 0 Å². The Morgan fingerprint density at radius 1 is 0.968 bits per heavy atom. The molecule has 0 saturated heterocycles. The van der Waals surface area contributed by atoms with Gasteiger partial charge in [0.05, 0.1) is 6.61 Å². The molecule has 1 heteroatoms. The van der Waals surface area contributed by atoms with Gasteiger partial charge < -0.3 is 4.74 Å². The molecule has 3 aliphatic carbocycles. The van der Waals surface area contributed by atoms with Crippen LogP contribution < -0.4 is 0 Å². The molecule has 0 aliphatic heterocycles. The largest absolute Gasteiger partial charge is 0.381 e. The summed E-state index contributed by atoms with van der Waals surface area (Å²) in [4.78, 5) is 0. The van der Waals surface area contributed by atoms with Crippen molar-refractivity contribution in [2.75, 3.05) is 13.2 Å². The molecular formula is C30H42O. The Bertz CT molecular complexity index is 744. The van der Waals surface area contributed by atoms with Crippen LogP contribution in [-0.2, 0) is 4.74 Å². The lowest BCUT2D eigenvalue weighted by atomic mass is 9.61.